The van der Waals surface area contributed by atoms with E-state index in [0.29, 0.717) is 28.6 Å². The van der Waals surface area contributed by atoms with Crippen LogP contribution in [0.25, 0.3) is 11.3 Å². The van der Waals surface area contributed by atoms with Crippen LogP contribution in [0.2, 0.25) is 0 Å². The molecular weight excluding hydrogens is 372 g/mol. The molecule has 0 unspecified atom stereocenters. The Labute approximate surface area is 169 Å². The van der Waals surface area contributed by atoms with Gasteiger partial charge in [-0.25, -0.2) is 4.57 Å². The van der Waals surface area contributed by atoms with Gasteiger partial charge in [-0.3, -0.25) is 4.79 Å². The van der Waals surface area contributed by atoms with Crippen LogP contribution in [0.4, 0.5) is 0 Å². The smallest absolute Gasteiger partial charge is 0.287 e. The standard InChI is InChI=1S/C22H23N2O5/c1-26-16-6-7-17(21(12-16)28-3)18-9-10-24(14-23-18)13-19(25)15-5-8-20(27-2)22(11-15)29-4/h5-12,14H,13H2,1-4H3/q+1. The Morgan fingerprint density at radius 1 is 0.862 bits per heavy atom. The fourth-order valence-electron chi connectivity index (χ4n) is 2.91. The SMILES string of the molecule is COc1ccc(-c2cc[n+](CC(=O)c3ccc(OC)c(OC)c3)cn2)c(OC)c1. The quantitative estimate of drug-likeness (QED) is 0.431. The predicted octanol–water partition coefficient (Wildman–Crippen LogP) is 2.95. The molecule has 0 bridgehead atoms. The van der Waals surface area contributed by atoms with E-state index in [1.54, 1.807) is 56.5 Å². The van der Waals surface area contributed by atoms with Crippen molar-refractivity contribution >= 4 is 5.78 Å². The number of aromatic nitrogens is 2. The minimum absolute atomic E-state index is 0.0625. The van der Waals surface area contributed by atoms with Crippen molar-refractivity contribution in [3.05, 3.63) is 60.6 Å². The van der Waals surface area contributed by atoms with E-state index in [0.717, 1.165) is 11.3 Å². The third kappa shape index (κ3) is 4.45. The number of carbonyl (C=O) groups is 1. The summed E-state index contributed by atoms with van der Waals surface area (Å²) in [7, 11) is 6.30. The molecule has 0 radical (unpaired) electrons. The summed E-state index contributed by atoms with van der Waals surface area (Å²) in [5.74, 6) is 2.40. The van der Waals surface area contributed by atoms with Gasteiger partial charge in [0.1, 0.15) is 11.5 Å². The molecule has 0 amide bonds. The second kappa shape index (κ2) is 9.05. The fourth-order valence-corrected chi connectivity index (χ4v) is 2.91. The zero-order valence-corrected chi connectivity index (χ0v) is 16.8. The van der Waals surface area contributed by atoms with E-state index in [-0.39, 0.29) is 12.3 Å². The number of ether oxygens (including phenoxy) is 4. The molecule has 7 nitrogen and oxygen atoms in total. The van der Waals surface area contributed by atoms with Crippen molar-refractivity contribution in [2.45, 2.75) is 6.54 Å². The van der Waals surface area contributed by atoms with Gasteiger partial charge >= 0.3 is 0 Å². The molecule has 0 atom stereocenters. The highest BCUT2D eigenvalue weighted by molar-refractivity contribution is 5.95. The first-order chi connectivity index (χ1) is 14.1. The number of ketones is 1. The highest BCUT2D eigenvalue weighted by Crippen LogP contribution is 2.31. The molecule has 0 aliphatic heterocycles. The van der Waals surface area contributed by atoms with Gasteiger partial charge in [0, 0.05) is 17.7 Å². The van der Waals surface area contributed by atoms with Crippen LogP contribution in [0, 0.1) is 0 Å². The Bertz CT molecular complexity index is 1000. The Hall–Kier alpha value is -3.61. The van der Waals surface area contributed by atoms with Crippen LogP contribution in [0.15, 0.2) is 55.0 Å². The Morgan fingerprint density at radius 3 is 2.24 bits per heavy atom. The molecule has 0 N–H and O–H groups in total. The third-order valence-electron chi connectivity index (χ3n) is 4.49. The van der Waals surface area contributed by atoms with Gasteiger partial charge < -0.3 is 18.9 Å². The highest BCUT2D eigenvalue weighted by atomic mass is 16.5. The number of nitrogens with zero attached hydrogens (tertiary/aromatic N) is 2. The Balaban J connectivity index is 1.78. The number of methoxy groups -OCH3 is 4. The van der Waals surface area contributed by atoms with Crippen LogP contribution >= 0.6 is 0 Å². The number of carbonyl (C=O) groups excluding carboxylic acids is 1. The van der Waals surface area contributed by atoms with E-state index >= 15 is 0 Å². The van der Waals surface area contributed by atoms with E-state index in [1.807, 2.05) is 24.4 Å². The maximum absolute atomic E-state index is 12.6. The summed E-state index contributed by atoms with van der Waals surface area (Å²) in [6, 6.07) is 12.5. The molecule has 0 spiro atoms. The second-order valence-corrected chi connectivity index (χ2v) is 6.18. The molecule has 0 saturated heterocycles. The molecule has 2 aromatic carbocycles. The first kappa shape index (κ1) is 20.1. The minimum Gasteiger partial charge on any atom is -0.497 e. The van der Waals surface area contributed by atoms with Gasteiger partial charge in [-0.15, -0.1) is 0 Å². The lowest BCUT2D eigenvalue weighted by Gasteiger charge is -2.09. The lowest BCUT2D eigenvalue weighted by molar-refractivity contribution is -0.686. The largest absolute Gasteiger partial charge is 0.497 e. The van der Waals surface area contributed by atoms with Crippen molar-refractivity contribution in [3.63, 3.8) is 0 Å². The number of hydrogen-bond donors (Lipinski definition) is 0. The number of hydrogen-bond acceptors (Lipinski definition) is 6. The molecule has 0 saturated carbocycles. The van der Waals surface area contributed by atoms with Crippen molar-refractivity contribution in [2.75, 3.05) is 28.4 Å². The maximum Gasteiger partial charge on any atom is 0.287 e. The summed E-state index contributed by atoms with van der Waals surface area (Å²) in [6.45, 7) is 0.155. The molecule has 3 rings (SSSR count). The van der Waals surface area contributed by atoms with Gasteiger partial charge in [-0.1, -0.05) is 0 Å². The number of rotatable bonds is 8. The summed E-state index contributed by atoms with van der Waals surface area (Å²) < 4.78 is 22.8. The average Bonchev–Trinajstić information content (AvgIpc) is 2.78. The maximum atomic E-state index is 12.6. The summed E-state index contributed by atoms with van der Waals surface area (Å²) in [5.41, 5.74) is 2.11. The van der Waals surface area contributed by atoms with E-state index in [2.05, 4.69) is 4.98 Å². The third-order valence-corrected chi connectivity index (χ3v) is 4.49. The molecule has 1 heterocycles. The van der Waals surface area contributed by atoms with Crippen molar-refractivity contribution in [2.24, 2.45) is 0 Å². The van der Waals surface area contributed by atoms with Crippen LogP contribution in [-0.4, -0.2) is 39.2 Å². The lowest BCUT2D eigenvalue weighted by atomic mass is 10.1. The molecule has 3 aromatic rings. The normalized spacial score (nSPS) is 10.3. The first-order valence-corrected chi connectivity index (χ1v) is 8.92. The molecule has 0 aliphatic rings. The van der Waals surface area contributed by atoms with Gasteiger partial charge in [-0.2, -0.15) is 0 Å². The number of Topliss-reactive ketones (excluding diaryl/α,β-unsaturated/α-hetero) is 1. The van der Waals surface area contributed by atoms with Crippen molar-refractivity contribution < 1.29 is 28.3 Å². The van der Waals surface area contributed by atoms with Gasteiger partial charge in [0.15, 0.2) is 23.7 Å². The molecule has 29 heavy (non-hydrogen) atoms. The van der Waals surface area contributed by atoms with E-state index in [4.69, 9.17) is 18.9 Å². The van der Waals surface area contributed by atoms with Crippen molar-refractivity contribution in [3.8, 4) is 34.3 Å². The van der Waals surface area contributed by atoms with Crippen LogP contribution in [0.5, 0.6) is 23.0 Å². The van der Waals surface area contributed by atoms with Crippen LogP contribution in [-0.2, 0) is 6.54 Å². The van der Waals surface area contributed by atoms with E-state index in [9.17, 15) is 4.79 Å². The molecular formula is C22H23N2O5+. The van der Waals surface area contributed by atoms with Gasteiger partial charge in [0.2, 0.25) is 5.78 Å². The lowest BCUT2D eigenvalue weighted by Crippen LogP contribution is -2.37. The second-order valence-electron chi connectivity index (χ2n) is 6.18. The molecule has 1 aromatic heterocycles. The summed E-state index contributed by atoms with van der Waals surface area (Å²) >= 11 is 0. The Kier molecular flexibility index (Phi) is 6.29. The van der Waals surface area contributed by atoms with Crippen LogP contribution in [0.3, 0.4) is 0 Å². The molecule has 7 heteroatoms. The monoisotopic (exact) mass is 395 g/mol. The fraction of sp³-hybridized carbons (Fsp3) is 0.227. The highest BCUT2D eigenvalue weighted by Gasteiger charge is 2.16. The van der Waals surface area contributed by atoms with Gasteiger partial charge in [-0.05, 0) is 35.3 Å². The summed E-state index contributed by atoms with van der Waals surface area (Å²) in [4.78, 5) is 17.1. The first-order valence-electron chi connectivity index (χ1n) is 8.92. The topological polar surface area (TPSA) is 70.8 Å². The van der Waals surface area contributed by atoms with Crippen molar-refractivity contribution in [1.82, 2.24) is 4.98 Å². The van der Waals surface area contributed by atoms with E-state index in [1.165, 1.54) is 7.11 Å². The predicted molar refractivity (Wildman–Crippen MR) is 107 cm³/mol. The van der Waals surface area contributed by atoms with Crippen LogP contribution < -0.4 is 23.5 Å². The summed E-state index contributed by atoms with van der Waals surface area (Å²) in [6.07, 6.45) is 3.43. The zero-order valence-electron chi connectivity index (χ0n) is 16.8. The molecule has 0 fully saturated rings. The minimum atomic E-state index is -0.0625. The molecule has 150 valence electrons. The van der Waals surface area contributed by atoms with Gasteiger partial charge in [0.25, 0.3) is 6.33 Å². The Morgan fingerprint density at radius 2 is 1.62 bits per heavy atom. The number of benzene rings is 2. The molecule has 0 aliphatic carbocycles. The van der Waals surface area contributed by atoms with Gasteiger partial charge in [0.05, 0.1) is 40.2 Å². The van der Waals surface area contributed by atoms with E-state index < -0.39 is 0 Å². The average molecular weight is 395 g/mol. The van der Waals surface area contributed by atoms with Crippen molar-refractivity contribution in [1.29, 1.82) is 0 Å². The van der Waals surface area contributed by atoms with Crippen LogP contribution in [0.1, 0.15) is 10.4 Å². The zero-order chi connectivity index (χ0) is 20.8. The summed E-state index contributed by atoms with van der Waals surface area (Å²) in [5, 5.41) is 0.